The zero-order valence-electron chi connectivity index (χ0n) is 35.9. The Hall–Kier alpha value is 19.4. The summed E-state index contributed by atoms with van der Waals surface area (Å²) in [4.78, 5) is 0. The van der Waals surface area contributed by atoms with Gasteiger partial charge in [0.1, 0.15) is 0 Å². The average molecular weight is 2820 g/mol. The van der Waals surface area contributed by atoms with Gasteiger partial charge in [0.05, 0.1) is 0 Å². The lowest BCUT2D eigenvalue weighted by Crippen LogP contribution is -1.41. The minimum atomic E-state index is 1.37. The van der Waals surface area contributed by atoms with Crippen LogP contribution in [0.1, 0.15) is 0 Å². The molecule has 0 rings (SSSR count). The van der Waals surface area contributed by atoms with Gasteiger partial charge in [-0.05, 0) is 0 Å². The fraction of sp³-hybridized carbons (Fsp3) is 0. The van der Waals surface area contributed by atoms with E-state index in [0.29, 0.717) is 0 Å². The molecular weight excluding hydrogens is 2820 g/mol. The highest BCUT2D eigenvalue weighted by Crippen LogP contribution is 1.49. The van der Waals surface area contributed by atoms with Crippen molar-refractivity contribution >= 4 is 786 Å². The average Bonchev–Trinajstić information content (AvgIpc) is 3.54. The highest BCUT2D eigenvalue weighted by molar-refractivity contribution is 8.86. The van der Waals surface area contributed by atoms with E-state index in [1.807, 2.05) is 639 Å². The molecule has 0 aromatic heterocycles. The smallest absolute Gasteiger partial charge is 0 e. The van der Waals surface area contributed by atoms with E-state index in [0.717, 1.165) is 0 Å². The predicted molar refractivity (Wildman–Crippen MR) is 648 cm³/mol. The quantitative estimate of drug-likeness (QED) is 0.330. The Morgan fingerprint density at radius 1 is 0.0568 bits per heavy atom. The van der Waals surface area contributed by atoms with Crippen LogP contribution in [0, 0.1) is 0 Å². The lowest BCUT2D eigenvalue weighted by Gasteiger charge is -1.41. The first-order valence-corrected chi connectivity index (χ1v) is 130. The molecule has 0 aliphatic rings. The monoisotopic (exact) mass is 2810 g/mol. The fourth-order valence-electron chi connectivity index (χ4n) is 0.953. The van der Waals surface area contributed by atoms with Gasteiger partial charge < -0.3 is 0 Å². The van der Waals surface area contributed by atoms with E-state index in [2.05, 4.69) is 0 Å². The summed E-state index contributed by atoms with van der Waals surface area (Å²) in [5, 5.41) is 0. The van der Waals surface area contributed by atoms with Crippen molar-refractivity contribution < 1.29 is 0 Å². The van der Waals surface area contributed by atoms with Crippen LogP contribution < -0.4 is 0 Å². The molecular formula is S88. The number of hydrogen-bond acceptors (Lipinski definition) is 2. The topological polar surface area (TPSA) is 0 Å². The van der Waals surface area contributed by atoms with E-state index in [1.54, 1.807) is 107 Å². The number of hydrogen-bond donors (Lipinski definition) is 0. The molecule has 0 aromatic carbocycles. The van der Waals surface area contributed by atoms with Gasteiger partial charge >= 0.3 is 0 Å². The van der Waals surface area contributed by atoms with Crippen molar-refractivity contribution in [3.05, 3.63) is 0 Å². The van der Waals surface area contributed by atoms with E-state index >= 15 is 0 Å². The summed E-state index contributed by atoms with van der Waals surface area (Å²) < 4.78 is 0. The van der Waals surface area contributed by atoms with Gasteiger partial charge in [-0.15, -0.1) is 0 Å². The van der Waals surface area contributed by atoms with Crippen LogP contribution in [0.2, 0.25) is 0 Å². The van der Waals surface area contributed by atoms with Crippen LogP contribution in [-0.4, -0.2) is 0 Å². The van der Waals surface area contributed by atoms with Crippen LogP contribution in [-0.2, 0) is 786 Å². The molecule has 0 radical (unpaired) electrons. The Morgan fingerprint density at radius 3 is 0.125 bits per heavy atom. The summed E-state index contributed by atoms with van der Waals surface area (Å²) >= 11 is 9.66. The molecule has 528 valence electrons. The molecule has 88 heteroatoms. The molecule has 0 nitrogen and oxygen atoms in total. The summed E-state index contributed by atoms with van der Waals surface area (Å²) in [6.07, 6.45) is 0. The molecule has 0 N–H and O–H groups in total. The lowest BCUT2D eigenvalue weighted by atomic mass is 30.7. The molecule has 0 aliphatic carbocycles. The van der Waals surface area contributed by atoms with Gasteiger partial charge in [0.25, 0.3) is 0 Å². The van der Waals surface area contributed by atoms with Crippen molar-refractivity contribution in [2.75, 3.05) is 0 Å². The van der Waals surface area contributed by atoms with E-state index in [4.69, 9.17) is 22.4 Å². The predicted octanol–water partition coefficient (Wildman–Crippen LogP) is -0.211. The first-order valence-electron chi connectivity index (χ1n) is 14.5. The van der Waals surface area contributed by atoms with Crippen molar-refractivity contribution in [2.45, 2.75) is 0 Å². The highest BCUT2D eigenvalue weighted by Gasteiger charge is 1.49. The second-order valence-corrected chi connectivity index (χ2v) is 158. The third-order valence-electron chi connectivity index (χ3n) is 2.36. The minimum absolute atomic E-state index is 1.37. The van der Waals surface area contributed by atoms with Crippen LogP contribution in [0.5, 0.6) is 0 Å². The van der Waals surface area contributed by atoms with E-state index in [9.17, 15) is 0 Å². The minimum Gasteiger partial charge on any atom is 0 e. The van der Waals surface area contributed by atoms with Gasteiger partial charge in [-0.3, -0.25) is 0 Å². The van der Waals surface area contributed by atoms with Gasteiger partial charge in [0.2, 0.25) is 0 Å². The fourth-order valence-corrected chi connectivity index (χ4v) is 231. The second kappa shape index (κ2) is 106. The largest absolute Gasteiger partial charge is 0 e. The van der Waals surface area contributed by atoms with Crippen molar-refractivity contribution in [1.82, 2.24) is 0 Å². The molecule has 0 saturated heterocycles. The number of rotatable bonds is 0. The molecule has 0 bridgehead atoms. The molecule has 0 fully saturated rings. The highest BCUT2D eigenvalue weighted by atomic mass is 33.6. The van der Waals surface area contributed by atoms with Gasteiger partial charge in [0, 0.05) is 786 Å². The van der Waals surface area contributed by atoms with Gasteiger partial charge in [-0.25, -0.2) is 0 Å². The summed E-state index contributed by atoms with van der Waals surface area (Å²) in [5.74, 6) is 0. The summed E-state index contributed by atoms with van der Waals surface area (Å²) in [6.45, 7) is 0. The Morgan fingerprint density at radius 2 is 0.0909 bits per heavy atom. The molecule has 0 aromatic rings. The summed E-state index contributed by atoms with van der Waals surface area (Å²) in [6, 6.07) is 0. The third kappa shape index (κ3) is 105. The van der Waals surface area contributed by atoms with Gasteiger partial charge in [-0.1, -0.05) is 0 Å². The summed E-state index contributed by atoms with van der Waals surface area (Å²) in [5.41, 5.74) is 0. The Labute approximate surface area is 761 Å². The second-order valence-electron chi connectivity index (χ2n) is 5.85. The van der Waals surface area contributed by atoms with Crippen molar-refractivity contribution in [1.29, 1.82) is 0 Å². The zero-order valence-corrected chi connectivity index (χ0v) is 108. The molecule has 0 unspecified atom stereocenters. The lowest BCUT2D eigenvalue weighted by molar-refractivity contribution is 5.95. The maximum atomic E-state index is 4.83. The first kappa shape index (κ1) is 107. The van der Waals surface area contributed by atoms with Crippen LogP contribution >= 0.6 is 0 Å². The van der Waals surface area contributed by atoms with E-state index in [-0.39, 0.29) is 0 Å². The maximum absolute atomic E-state index is 4.83. The van der Waals surface area contributed by atoms with Crippen LogP contribution in [0.15, 0.2) is 0 Å². The molecule has 0 amide bonds. The molecule has 0 spiro atoms. The van der Waals surface area contributed by atoms with Crippen LogP contribution in [0.25, 0.3) is 0 Å². The Bertz CT molecular complexity index is 6430. The van der Waals surface area contributed by atoms with Crippen molar-refractivity contribution in [2.24, 2.45) is 0 Å². The molecule has 0 atom stereocenters. The van der Waals surface area contributed by atoms with Crippen molar-refractivity contribution in [3.63, 3.8) is 0 Å². The molecule has 0 aliphatic heterocycles. The maximum Gasteiger partial charge on any atom is 0 e. The molecule has 0 saturated carbocycles. The molecule has 0 heterocycles. The van der Waals surface area contributed by atoms with Gasteiger partial charge in [0.15, 0.2) is 0 Å². The van der Waals surface area contributed by atoms with E-state index in [1.165, 1.54) is 17.8 Å². The zero-order chi connectivity index (χ0) is 62.8. The van der Waals surface area contributed by atoms with Crippen LogP contribution in [0.3, 0.4) is 0 Å². The van der Waals surface area contributed by atoms with E-state index < -0.39 is 0 Å². The third-order valence-corrected chi connectivity index (χ3v) is 191. The molecule has 88 heavy (non-hydrogen) atoms. The Kier molecular flexibility index (Phi) is 130. The summed E-state index contributed by atoms with van der Waals surface area (Å²) in [7, 11) is 155. The first-order chi connectivity index (χ1) is 43.9. The van der Waals surface area contributed by atoms with Crippen LogP contribution in [0.4, 0.5) is 0 Å². The van der Waals surface area contributed by atoms with Gasteiger partial charge in [-0.2, -0.15) is 0 Å². The normalized spacial score (nSPS) is 7.86. The SMILES string of the molecule is S=S=S=S=S=S=S=S=S=S=S=S=S=S=S=S=S=S=S=S=S=S=S=S=S=S=S=S=S=S=S=S=S=S=S=S=S=S=S=S=S=S=S=S=S=S=S=S=S=S=S=S=S=S=S=S=S=S=S=S=S=S=S=S=S=S=S=S=S=S=S=S=S=S=S=S=S=S=S=S=S=S=S=S=S=S=S=S. The Balaban J connectivity index is 6.17. The standard InChI is InChI=1S/S88/c1-3-5-7-9-11-13-15-17-19-21-23-25-27-29-31-33-35-37-39-41-43-45-47-49-51-53-55-57-59-61-63-65-67-69-71-73-75-77-79-81-83-85-87-88-86-84-82-80-78-76-74-72-70-68-66-64-62-60-58-56-54-52-50-48-46-44-42-40-38-36-34-32-30-28-26-24-22-20-18-16-14-12-10-8-6-4-2. The van der Waals surface area contributed by atoms with Crippen molar-refractivity contribution in [3.8, 4) is 0 Å².